The van der Waals surface area contributed by atoms with Gasteiger partial charge in [-0.15, -0.1) is 0 Å². The minimum atomic E-state index is -0.527. The van der Waals surface area contributed by atoms with E-state index in [-0.39, 0.29) is 5.91 Å². The smallest absolute Gasteiger partial charge is 0.271 e. The highest BCUT2D eigenvalue weighted by atomic mass is 16.2. The van der Waals surface area contributed by atoms with Gasteiger partial charge < -0.3 is 5.73 Å². The summed E-state index contributed by atoms with van der Waals surface area (Å²) < 4.78 is 0. The molecule has 0 heterocycles. The molecule has 0 aliphatic rings. The maximum Gasteiger partial charge on any atom is 0.271 e. The highest BCUT2D eigenvalue weighted by Crippen LogP contribution is 2.14. The Morgan fingerprint density at radius 3 is 2.04 bits per heavy atom. The third-order valence-corrected chi connectivity index (χ3v) is 3.53. The molecule has 0 aliphatic heterocycles. The van der Waals surface area contributed by atoms with E-state index < -0.39 is 5.91 Å². The molecule has 0 spiro atoms. The number of nitrogens with two attached hydrogens (primary N) is 1. The van der Waals surface area contributed by atoms with Gasteiger partial charge in [-0.05, 0) is 56.2 Å². The molecule has 2 amide bonds. The van der Waals surface area contributed by atoms with Crippen molar-refractivity contribution in [1.82, 2.24) is 5.43 Å². The Balaban J connectivity index is 2.08. The Labute approximate surface area is 135 Å². The molecule has 0 radical (unpaired) electrons. The van der Waals surface area contributed by atoms with Gasteiger partial charge in [0, 0.05) is 16.7 Å². The second-order valence-electron chi connectivity index (χ2n) is 5.45. The summed E-state index contributed by atoms with van der Waals surface area (Å²) in [6.07, 6.45) is 1.64. The predicted octanol–water partition coefficient (Wildman–Crippen LogP) is 2.47. The number of primary amides is 1. The number of rotatable bonds is 4. The summed E-state index contributed by atoms with van der Waals surface area (Å²) in [5.41, 5.74) is 12.8. The minimum Gasteiger partial charge on any atom is -0.366 e. The number of hydrogen-bond donors (Lipinski definition) is 2. The molecule has 23 heavy (non-hydrogen) atoms. The first-order valence-electron chi connectivity index (χ1n) is 7.19. The van der Waals surface area contributed by atoms with Crippen molar-refractivity contribution < 1.29 is 9.59 Å². The van der Waals surface area contributed by atoms with Crippen LogP contribution in [0.2, 0.25) is 0 Å². The molecule has 5 nitrogen and oxygen atoms in total. The topological polar surface area (TPSA) is 84.6 Å². The maximum absolute atomic E-state index is 12.0. The van der Waals surface area contributed by atoms with Crippen LogP contribution in [0.5, 0.6) is 0 Å². The van der Waals surface area contributed by atoms with Crippen molar-refractivity contribution in [1.29, 1.82) is 0 Å². The Morgan fingerprint density at radius 2 is 1.52 bits per heavy atom. The van der Waals surface area contributed by atoms with Crippen LogP contribution < -0.4 is 11.2 Å². The minimum absolute atomic E-state index is 0.348. The number of amides is 2. The lowest BCUT2D eigenvalue weighted by atomic mass is 10.0. The van der Waals surface area contributed by atoms with Crippen LogP contribution in [0.3, 0.4) is 0 Å². The van der Waals surface area contributed by atoms with Crippen LogP contribution >= 0.6 is 0 Å². The van der Waals surface area contributed by atoms with Gasteiger partial charge in [-0.25, -0.2) is 5.43 Å². The van der Waals surface area contributed by atoms with Crippen molar-refractivity contribution >= 4 is 18.0 Å². The largest absolute Gasteiger partial charge is 0.366 e. The van der Waals surface area contributed by atoms with E-state index in [1.54, 1.807) is 6.21 Å². The number of carbonyl (C=O) groups excluding carboxylic acids is 2. The molecule has 0 saturated carbocycles. The van der Waals surface area contributed by atoms with E-state index in [9.17, 15) is 9.59 Å². The van der Waals surface area contributed by atoms with Gasteiger partial charge in [-0.1, -0.05) is 17.7 Å². The summed E-state index contributed by atoms with van der Waals surface area (Å²) in [5.74, 6) is -0.875. The standard InChI is InChI=1S/C18H19N3O2/c1-11-8-12(2)16(13(3)9-11)10-20-21-18(23)15-6-4-14(5-7-15)17(19)22/h4-10H,1-3H3,(H2,19,22)(H,21,23). The summed E-state index contributed by atoms with van der Waals surface area (Å²) in [6.45, 7) is 6.05. The Morgan fingerprint density at radius 1 is 1.00 bits per heavy atom. The average molecular weight is 309 g/mol. The third-order valence-electron chi connectivity index (χ3n) is 3.53. The Kier molecular flexibility index (Phi) is 4.91. The number of nitrogens with zero attached hydrogens (tertiary/aromatic N) is 1. The highest BCUT2D eigenvalue weighted by Gasteiger charge is 2.06. The molecule has 0 saturated heterocycles. The molecule has 2 aromatic carbocycles. The number of aryl methyl sites for hydroxylation is 3. The number of benzene rings is 2. The van der Waals surface area contributed by atoms with Gasteiger partial charge >= 0.3 is 0 Å². The van der Waals surface area contributed by atoms with Crippen LogP contribution in [0.15, 0.2) is 41.5 Å². The third kappa shape index (κ3) is 4.03. The van der Waals surface area contributed by atoms with Crippen LogP contribution in [0.4, 0.5) is 0 Å². The van der Waals surface area contributed by atoms with Gasteiger partial charge in [0.05, 0.1) is 6.21 Å². The summed E-state index contributed by atoms with van der Waals surface area (Å²) in [5, 5.41) is 4.01. The van der Waals surface area contributed by atoms with Crippen molar-refractivity contribution in [3.05, 3.63) is 69.8 Å². The molecular weight excluding hydrogens is 290 g/mol. The zero-order valence-electron chi connectivity index (χ0n) is 13.4. The van der Waals surface area contributed by atoms with E-state index in [2.05, 4.69) is 22.7 Å². The second-order valence-corrected chi connectivity index (χ2v) is 5.45. The molecule has 118 valence electrons. The quantitative estimate of drug-likeness (QED) is 0.671. The molecule has 0 atom stereocenters. The van der Waals surface area contributed by atoms with E-state index >= 15 is 0 Å². The Hall–Kier alpha value is -2.95. The summed E-state index contributed by atoms with van der Waals surface area (Å²) >= 11 is 0. The second kappa shape index (κ2) is 6.87. The van der Waals surface area contributed by atoms with Crippen LogP contribution in [-0.2, 0) is 0 Å². The van der Waals surface area contributed by atoms with Gasteiger partial charge in [0.1, 0.15) is 0 Å². The lowest BCUT2D eigenvalue weighted by molar-refractivity contribution is 0.0952. The normalized spacial score (nSPS) is 10.7. The fourth-order valence-electron chi connectivity index (χ4n) is 2.40. The fourth-order valence-corrected chi connectivity index (χ4v) is 2.40. The molecule has 0 bridgehead atoms. The lowest BCUT2D eigenvalue weighted by Crippen LogP contribution is -2.18. The molecule has 2 rings (SSSR count). The number of nitrogens with one attached hydrogen (secondary N) is 1. The number of carbonyl (C=O) groups is 2. The van der Waals surface area contributed by atoms with Crippen molar-refractivity contribution in [3.63, 3.8) is 0 Å². The molecule has 0 fully saturated rings. The first-order chi connectivity index (χ1) is 10.9. The van der Waals surface area contributed by atoms with Gasteiger partial charge in [-0.3, -0.25) is 9.59 Å². The number of hydrazone groups is 1. The molecule has 2 aromatic rings. The molecular formula is C18H19N3O2. The van der Waals surface area contributed by atoms with Crippen LogP contribution in [-0.4, -0.2) is 18.0 Å². The van der Waals surface area contributed by atoms with Crippen LogP contribution in [0, 0.1) is 20.8 Å². The van der Waals surface area contributed by atoms with Gasteiger partial charge in [-0.2, -0.15) is 5.10 Å². The zero-order valence-corrected chi connectivity index (χ0v) is 13.4. The highest BCUT2D eigenvalue weighted by molar-refractivity contribution is 5.97. The number of hydrogen-bond acceptors (Lipinski definition) is 3. The molecule has 5 heteroatoms. The van der Waals surface area contributed by atoms with E-state index in [4.69, 9.17) is 5.73 Å². The van der Waals surface area contributed by atoms with Crippen LogP contribution in [0.1, 0.15) is 43.0 Å². The molecule has 0 unspecified atom stereocenters. The molecule has 0 aliphatic carbocycles. The molecule has 0 aromatic heterocycles. The van der Waals surface area contributed by atoms with Crippen molar-refractivity contribution in [2.45, 2.75) is 20.8 Å². The lowest BCUT2D eigenvalue weighted by Gasteiger charge is -2.06. The first kappa shape index (κ1) is 16.4. The fraction of sp³-hybridized carbons (Fsp3) is 0.167. The van der Waals surface area contributed by atoms with Gasteiger partial charge in [0.15, 0.2) is 0 Å². The zero-order chi connectivity index (χ0) is 17.0. The molecule has 3 N–H and O–H groups in total. The monoisotopic (exact) mass is 309 g/mol. The van der Waals surface area contributed by atoms with Crippen molar-refractivity contribution in [2.75, 3.05) is 0 Å². The van der Waals surface area contributed by atoms with E-state index in [0.717, 1.165) is 16.7 Å². The Bertz CT molecular complexity index is 754. The maximum atomic E-state index is 12.0. The first-order valence-corrected chi connectivity index (χ1v) is 7.19. The van der Waals surface area contributed by atoms with E-state index in [1.165, 1.54) is 29.8 Å². The van der Waals surface area contributed by atoms with E-state index in [0.29, 0.717) is 11.1 Å². The average Bonchev–Trinajstić information content (AvgIpc) is 2.49. The predicted molar refractivity (Wildman–Crippen MR) is 90.7 cm³/mol. The van der Waals surface area contributed by atoms with Crippen LogP contribution in [0.25, 0.3) is 0 Å². The van der Waals surface area contributed by atoms with Crippen molar-refractivity contribution in [3.8, 4) is 0 Å². The van der Waals surface area contributed by atoms with E-state index in [1.807, 2.05) is 20.8 Å². The van der Waals surface area contributed by atoms with Gasteiger partial charge in [0.25, 0.3) is 5.91 Å². The van der Waals surface area contributed by atoms with Gasteiger partial charge in [0.2, 0.25) is 5.91 Å². The SMILES string of the molecule is Cc1cc(C)c(C=NNC(=O)c2ccc(C(N)=O)cc2)c(C)c1. The van der Waals surface area contributed by atoms with Crippen molar-refractivity contribution in [2.24, 2.45) is 10.8 Å². The summed E-state index contributed by atoms with van der Waals surface area (Å²) in [6, 6.07) is 10.2. The summed E-state index contributed by atoms with van der Waals surface area (Å²) in [7, 11) is 0. The summed E-state index contributed by atoms with van der Waals surface area (Å²) in [4.78, 5) is 23.0.